The van der Waals surface area contributed by atoms with E-state index in [9.17, 15) is 4.39 Å². The molecular weight excluding hydrogens is 341 g/mol. The molecule has 4 heteroatoms. The van der Waals surface area contributed by atoms with Crippen LogP contribution in [0.1, 0.15) is 37.1 Å². The molecule has 2 aromatic carbocycles. The summed E-state index contributed by atoms with van der Waals surface area (Å²) in [6.45, 7) is 4.10. The van der Waals surface area contributed by atoms with Crippen LogP contribution in [0.4, 0.5) is 4.39 Å². The molecule has 20 heavy (non-hydrogen) atoms. The van der Waals surface area contributed by atoms with Crippen LogP contribution in [-0.2, 0) is 0 Å². The quantitative estimate of drug-likeness (QED) is 0.746. The Morgan fingerprint density at radius 1 is 1.10 bits per heavy atom. The summed E-state index contributed by atoms with van der Waals surface area (Å²) in [5, 5.41) is 3.61. The van der Waals surface area contributed by atoms with Gasteiger partial charge in [-0.3, -0.25) is 0 Å². The van der Waals surface area contributed by atoms with Crippen LogP contribution in [0.5, 0.6) is 0 Å². The lowest BCUT2D eigenvalue weighted by Crippen LogP contribution is -2.22. The number of hydrogen-bond donors (Lipinski definition) is 1. The molecule has 2 aromatic rings. The van der Waals surface area contributed by atoms with E-state index in [0.29, 0.717) is 0 Å². The molecule has 0 amide bonds. The van der Waals surface area contributed by atoms with Crippen molar-refractivity contribution in [1.82, 2.24) is 5.32 Å². The topological polar surface area (TPSA) is 12.0 Å². The zero-order valence-corrected chi connectivity index (χ0v) is 13.7. The fourth-order valence-electron chi connectivity index (χ4n) is 2.17. The van der Waals surface area contributed by atoms with E-state index in [1.165, 1.54) is 11.6 Å². The molecule has 0 bridgehead atoms. The van der Waals surface area contributed by atoms with Crippen LogP contribution in [0.2, 0.25) is 5.02 Å². The minimum absolute atomic E-state index is 0.0314. The second-order valence-corrected chi connectivity index (χ2v) is 6.07. The number of nitrogens with one attached hydrogen (secondary N) is 1. The minimum Gasteiger partial charge on any atom is -0.304 e. The van der Waals surface area contributed by atoms with E-state index >= 15 is 0 Å². The van der Waals surface area contributed by atoms with Gasteiger partial charge in [-0.15, -0.1) is 0 Å². The maximum Gasteiger partial charge on any atom is 0.142 e. The average molecular weight is 357 g/mol. The Labute approximate surface area is 132 Å². The maximum absolute atomic E-state index is 13.5. The summed E-state index contributed by atoms with van der Waals surface area (Å²) in [5.74, 6) is -0.383. The predicted octanol–water partition coefficient (Wildman–Crippen LogP) is 5.65. The van der Waals surface area contributed by atoms with Gasteiger partial charge in [-0.2, -0.15) is 0 Å². The fourth-order valence-corrected chi connectivity index (χ4v) is 2.91. The monoisotopic (exact) mass is 355 g/mol. The van der Waals surface area contributed by atoms with Gasteiger partial charge in [0.25, 0.3) is 0 Å². The zero-order chi connectivity index (χ0) is 14.7. The van der Waals surface area contributed by atoms with Crippen molar-refractivity contribution in [3.8, 4) is 0 Å². The summed E-state index contributed by atoms with van der Waals surface area (Å²) in [6.07, 6.45) is 0. The molecular formula is C16H16BrClFN. The summed E-state index contributed by atoms with van der Waals surface area (Å²) in [6, 6.07) is 13.2. The molecule has 0 fully saturated rings. The second-order valence-electron chi connectivity index (χ2n) is 4.81. The highest BCUT2D eigenvalue weighted by molar-refractivity contribution is 9.10. The van der Waals surface area contributed by atoms with E-state index in [1.807, 2.05) is 31.2 Å². The van der Waals surface area contributed by atoms with E-state index < -0.39 is 0 Å². The standard InChI is InChI=1S/C16H16BrClFN/c1-10(12-7-8-15(18)16(19)9-12)20-11(2)13-5-3-4-6-14(13)17/h3-11,20H,1-2H3. The minimum atomic E-state index is -0.383. The van der Waals surface area contributed by atoms with Gasteiger partial charge in [0.05, 0.1) is 5.02 Å². The smallest absolute Gasteiger partial charge is 0.142 e. The Balaban J connectivity index is 2.13. The molecule has 0 heterocycles. The summed E-state index contributed by atoms with van der Waals surface area (Å²) in [5.41, 5.74) is 2.06. The first-order valence-corrected chi connectivity index (χ1v) is 7.61. The molecule has 1 N–H and O–H groups in total. The third kappa shape index (κ3) is 3.60. The highest BCUT2D eigenvalue weighted by Gasteiger charge is 2.14. The SMILES string of the molecule is CC(NC(C)c1ccccc1Br)c1ccc(Cl)c(F)c1. The molecule has 1 nitrogen and oxygen atoms in total. The molecule has 106 valence electrons. The van der Waals surface area contributed by atoms with E-state index in [4.69, 9.17) is 11.6 Å². The van der Waals surface area contributed by atoms with Crippen LogP contribution >= 0.6 is 27.5 Å². The lowest BCUT2D eigenvalue weighted by Gasteiger charge is -2.22. The molecule has 0 radical (unpaired) electrons. The Morgan fingerprint density at radius 2 is 1.80 bits per heavy atom. The Morgan fingerprint density at radius 3 is 2.45 bits per heavy atom. The molecule has 0 aliphatic heterocycles. The van der Waals surface area contributed by atoms with Crippen molar-refractivity contribution in [3.05, 3.63) is 68.9 Å². The number of benzene rings is 2. The lowest BCUT2D eigenvalue weighted by atomic mass is 10.0. The Bertz CT molecular complexity index is 603. The third-order valence-electron chi connectivity index (χ3n) is 3.32. The van der Waals surface area contributed by atoms with Gasteiger partial charge in [0.1, 0.15) is 5.82 Å². The van der Waals surface area contributed by atoms with Crippen molar-refractivity contribution >= 4 is 27.5 Å². The summed E-state index contributed by atoms with van der Waals surface area (Å²) >= 11 is 9.25. The van der Waals surface area contributed by atoms with Crippen molar-refractivity contribution in [2.75, 3.05) is 0 Å². The van der Waals surface area contributed by atoms with Crippen molar-refractivity contribution in [3.63, 3.8) is 0 Å². The van der Waals surface area contributed by atoms with Gasteiger partial charge in [-0.05, 0) is 43.2 Å². The van der Waals surface area contributed by atoms with Crippen LogP contribution in [0, 0.1) is 5.82 Å². The Kier molecular flexibility index (Phi) is 5.19. The second kappa shape index (κ2) is 6.70. The first kappa shape index (κ1) is 15.5. The molecule has 0 saturated heterocycles. The van der Waals surface area contributed by atoms with Gasteiger partial charge < -0.3 is 5.32 Å². The lowest BCUT2D eigenvalue weighted by molar-refractivity contribution is 0.491. The maximum atomic E-state index is 13.5. The van der Waals surface area contributed by atoms with E-state index in [0.717, 1.165) is 10.0 Å². The van der Waals surface area contributed by atoms with Crippen molar-refractivity contribution in [2.45, 2.75) is 25.9 Å². The first-order chi connectivity index (χ1) is 9.49. The fraction of sp³-hybridized carbons (Fsp3) is 0.250. The van der Waals surface area contributed by atoms with Gasteiger partial charge in [0.2, 0.25) is 0 Å². The van der Waals surface area contributed by atoms with Gasteiger partial charge in [-0.25, -0.2) is 4.39 Å². The highest BCUT2D eigenvalue weighted by Crippen LogP contribution is 2.26. The van der Waals surface area contributed by atoms with Crippen LogP contribution < -0.4 is 5.32 Å². The third-order valence-corrected chi connectivity index (χ3v) is 4.34. The molecule has 2 unspecified atom stereocenters. The molecule has 0 aliphatic rings. The molecule has 0 aliphatic carbocycles. The summed E-state index contributed by atoms with van der Waals surface area (Å²) in [4.78, 5) is 0. The molecule has 2 atom stereocenters. The van der Waals surface area contributed by atoms with Gasteiger partial charge in [0, 0.05) is 16.6 Å². The van der Waals surface area contributed by atoms with Crippen LogP contribution in [0.25, 0.3) is 0 Å². The average Bonchev–Trinajstić information content (AvgIpc) is 2.42. The van der Waals surface area contributed by atoms with Crippen molar-refractivity contribution < 1.29 is 4.39 Å². The van der Waals surface area contributed by atoms with E-state index in [2.05, 4.69) is 34.2 Å². The molecule has 2 rings (SSSR count). The molecule has 0 aromatic heterocycles. The molecule has 0 saturated carbocycles. The largest absolute Gasteiger partial charge is 0.304 e. The van der Waals surface area contributed by atoms with Crippen LogP contribution in [0.15, 0.2) is 46.9 Å². The van der Waals surface area contributed by atoms with Crippen molar-refractivity contribution in [2.24, 2.45) is 0 Å². The van der Waals surface area contributed by atoms with Crippen LogP contribution in [-0.4, -0.2) is 0 Å². The van der Waals surface area contributed by atoms with Crippen molar-refractivity contribution in [1.29, 1.82) is 0 Å². The number of halogens is 3. The number of rotatable bonds is 4. The number of hydrogen-bond acceptors (Lipinski definition) is 1. The normalized spacial score (nSPS) is 14.1. The zero-order valence-electron chi connectivity index (χ0n) is 11.3. The van der Waals surface area contributed by atoms with Gasteiger partial charge >= 0.3 is 0 Å². The predicted molar refractivity (Wildman–Crippen MR) is 85.5 cm³/mol. The summed E-state index contributed by atoms with van der Waals surface area (Å²) < 4.78 is 14.6. The van der Waals surface area contributed by atoms with E-state index in [-0.39, 0.29) is 22.9 Å². The van der Waals surface area contributed by atoms with E-state index in [1.54, 1.807) is 6.07 Å². The van der Waals surface area contributed by atoms with Crippen LogP contribution in [0.3, 0.4) is 0 Å². The van der Waals surface area contributed by atoms with Gasteiger partial charge in [-0.1, -0.05) is 51.8 Å². The van der Waals surface area contributed by atoms with Gasteiger partial charge in [0.15, 0.2) is 0 Å². The Hall–Kier alpha value is -0.900. The first-order valence-electron chi connectivity index (χ1n) is 6.44. The summed E-state index contributed by atoms with van der Waals surface area (Å²) in [7, 11) is 0. The molecule has 0 spiro atoms. The highest BCUT2D eigenvalue weighted by atomic mass is 79.9.